The van der Waals surface area contributed by atoms with Crippen molar-refractivity contribution in [3.8, 4) is 5.75 Å². The van der Waals surface area contributed by atoms with Crippen LogP contribution < -0.4 is 4.74 Å². The monoisotopic (exact) mass is 224 g/mol. The average Bonchev–Trinajstić information content (AvgIpc) is 2.21. The van der Waals surface area contributed by atoms with Crippen molar-refractivity contribution in [2.45, 2.75) is 27.1 Å². The summed E-state index contributed by atoms with van der Waals surface area (Å²) in [7, 11) is 1.34. The van der Waals surface area contributed by atoms with E-state index < -0.39 is 6.29 Å². The van der Waals surface area contributed by atoms with E-state index in [2.05, 4.69) is 4.74 Å². The molecule has 1 aromatic rings. The van der Waals surface area contributed by atoms with Crippen molar-refractivity contribution in [3.63, 3.8) is 0 Å². The fraction of sp³-hybridized carbons (Fsp3) is 0.417. The predicted molar refractivity (Wildman–Crippen MR) is 59.6 cm³/mol. The van der Waals surface area contributed by atoms with Crippen molar-refractivity contribution in [1.82, 2.24) is 0 Å². The lowest BCUT2D eigenvalue weighted by Gasteiger charge is -2.15. The smallest absolute Gasteiger partial charge is 0.337 e. The highest BCUT2D eigenvalue weighted by Gasteiger charge is 2.12. The molecule has 0 amide bonds. The molecule has 0 aromatic heterocycles. The summed E-state index contributed by atoms with van der Waals surface area (Å²) in [6, 6.07) is 3.35. The summed E-state index contributed by atoms with van der Waals surface area (Å²) in [6.07, 6.45) is -0.874. The average molecular weight is 224 g/mol. The molecule has 0 aliphatic heterocycles. The first-order valence-electron chi connectivity index (χ1n) is 5.00. The SMILES string of the molecule is COC(=O)c1cc(C)c(OC(C)O)c(C)c1. The molecule has 0 saturated carbocycles. The van der Waals surface area contributed by atoms with Crippen LogP contribution in [0.5, 0.6) is 5.75 Å². The summed E-state index contributed by atoms with van der Waals surface area (Å²) in [6.45, 7) is 5.17. The van der Waals surface area contributed by atoms with Gasteiger partial charge in [-0.1, -0.05) is 0 Å². The van der Waals surface area contributed by atoms with Gasteiger partial charge in [-0.25, -0.2) is 4.79 Å². The Kier molecular flexibility index (Phi) is 3.90. The molecule has 4 heteroatoms. The zero-order chi connectivity index (χ0) is 12.3. The quantitative estimate of drug-likeness (QED) is 0.628. The van der Waals surface area contributed by atoms with Crippen molar-refractivity contribution >= 4 is 5.97 Å². The molecule has 1 atom stereocenters. The van der Waals surface area contributed by atoms with E-state index in [-0.39, 0.29) is 5.97 Å². The number of carbonyl (C=O) groups is 1. The van der Waals surface area contributed by atoms with Crippen molar-refractivity contribution in [2.75, 3.05) is 7.11 Å². The van der Waals surface area contributed by atoms with Gasteiger partial charge >= 0.3 is 5.97 Å². The Hall–Kier alpha value is -1.55. The highest BCUT2D eigenvalue weighted by molar-refractivity contribution is 5.90. The van der Waals surface area contributed by atoms with E-state index in [0.717, 1.165) is 11.1 Å². The van der Waals surface area contributed by atoms with Crippen LogP contribution in [0.3, 0.4) is 0 Å². The number of hydrogen-bond donors (Lipinski definition) is 1. The molecule has 0 spiro atoms. The zero-order valence-corrected chi connectivity index (χ0v) is 9.90. The first kappa shape index (κ1) is 12.5. The van der Waals surface area contributed by atoms with Crippen LogP contribution >= 0.6 is 0 Å². The summed E-state index contributed by atoms with van der Waals surface area (Å²) >= 11 is 0. The molecular weight excluding hydrogens is 208 g/mol. The van der Waals surface area contributed by atoms with Gasteiger partial charge in [-0.2, -0.15) is 0 Å². The standard InChI is InChI=1S/C12H16O4/c1-7-5-10(12(14)15-4)6-8(2)11(7)16-9(3)13/h5-6,9,13H,1-4H3. The summed E-state index contributed by atoms with van der Waals surface area (Å²) < 4.78 is 9.89. The second kappa shape index (κ2) is 4.99. The number of rotatable bonds is 3. The van der Waals surface area contributed by atoms with E-state index in [1.54, 1.807) is 12.1 Å². The highest BCUT2D eigenvalue weighted by atomic mass is 16.6. The van der Waals surface area contributed by atoms with Crippen LogP contribution in [0.25, 0.3) is 0 Å². The van der Waals surface area contributed by atoms with Gasteiger partial charge in [0.15, 0.2) is 6.29 Å². The molecule has 88 valence electrons. The molecule has 1 aromatic carbocycles. The fourth-order valence-corrected chi connectivity index (χ4v) is 1.54. The zero-order valence-electron chi connectivity index (χ0n) is 9.90. The number of methoxy groups -OCH3 is 1. The van der Waals surface area contributed by atoms with E-state index in [1.807, 2.05) is 13.8 Å². The number of aliphatic hydroxyl groups is 1. The first-order valence-corrected chi connectivity index (χ1v) is 5.00. The largest absolute Gasteiger partial charge is 0.465 e. The maximum absolute atomic E-state index is 11.3. The first-order chi connectivity index (χ1) is 7.45. The van der Waals surface area contributed by atoms with E-state index in [0.29, 0.717) is 11.3 Å². The van der Waals surface area contributed by atoms with Gasteiger partial charge in [0.2, 0.25) is 0 Å². The maximum atomic E-state index is 11.3. The summed E-state index contributed by atoms with van der Waals surface area (Å²) in [5, 5.41) is 9.17. The van der Waals surface area contributed by atoms with Crippen LogP contribution in [0.4, 0.5) is 0 Å². The van der Waals surface area contributed by atoms with Gasteiger partial charge in [-0.3, -0.25) is 0 Å². The molecule has 4 nitrogen and oxygen atoms in total. The molecule has 16 heavy (non-hydrogen) atoms. The summed E-state index contributed by atoms with van der Waals surface area (Å²) in [5.41, 5.74) is 2.07. The Morgan fingerprint density at radius 3 is 2.19 bits per heavy atom. The second-order valence-corrected chi connectivity index (χ2v) is 3.65. The van der Waals surface area contributed by atoms with Crippen molar-refractivity contribution in [1.29, 1.82) is 0 Å². The highest BCUT2D eigenvalue weighted by Crippen LogP contribution is 2.25. The number of carbonyl (C=O) groups excluding carboxylic acids is 1. The van der Waals surface area contributed by atoms with Crippen LogP contribution in [0.2, 0.25) is 0 Å². The Bertz CT molecular complexity index is 373. The molecule has 1 N–H and O–H groups in total. The molecule has 0 aliphatic rings. The third kappa shape index (κ3) is 2.73. The van der Waals surface area contributed by atoms with Crippen molar-refractivity contribution in [3.05, 3.63) is 28.8 Å². The summed E-state index contributed by atoms with van der Waals surface area (Å²) in [5.74, 6) is 0.220. The number of ether oxygens (including phenoxy) is 2. The number of esters is 1. The minimum absolute atomic E-state index is 0.380. The van der Waals surface area contributed by atoms with Crippen LogP contribution in [0.15, 0.2) is 12.1 Å². The second-order valence-electron chi connectivity index (χ2n) is 3.65. The van der Waals surface area contributed by atoms with E-state index in [9.17, 15) is 4.79 Å². The molecule has 0 heterocycles. The van der Waals surface area contributed by atoms with Gasteiger partial charge in [-0.05, 0) is 44.0 Å². The minimum Gasteiger partial charge on any atom is -0.465 e. The summed E-state index contributed by atoms with van der Waals surface area (Å²) in [4.78, 5) is 11.3. The van der Waals surface area contributed by atoms with Gasteiger partial charge in [0.1, 0.15) is 5.75 Å². The van der Waals surface area contributed by atoms with Crippen LogP contribution in [0.1, 0.15) is 28.4 Å². The fourth-order valence-electron chi connectivity index (χ4n) is 1.54. The minimum atomic E-state index is -0.874. The Morgan fingerprint density at radius 1 is 1.31 bits per heavy atom. The van der Waals surface area contributed by atoms with Crippen LogP contribution in [0, 0.1) is 13.8 Å². The van der Waals surface area contributed by atoms with Gasteiger partial charge in [-0.15, -0.1) is 0 Å². The van der Waals surface area contributed by atoms with Gasteiger partial charge in [0.05, 0.1) is 12.7 Å². The molecule has 0 aliphatic carbocycles. The molecule has 0 saturated heterocycles. The van der Waals surface area contributed by atoms with E-state index in [1.165, 1.54) is 14.0 Å². The van der Waals surface area contributed by atoms with E-state index >= 15 is 0 Å². The lowest BCUT2D eigenvalue weighted by atomic mass is 10.1. The Morgan fingerprint density at radius 2 is 1.81 bits per heavy atom. The third-order valence-corrected chi connectivity index (χ3v) is 2.17. The maximum Gasteiger partial charge on any atom is 0.337 e. The lowest BCUT2D eigenvalue weighted by molar-refractivity contribution is -0.00133. The third-order valence-electron chi connectivity index (χ3n) is 2.17. The van der Waals surface area contributed by atoms with Crippen LogP contribution in [-0.2, 0) is 4.74 Å². The molecule has 1 rings (SSSR count). The molecule has 0 fully saturated rings. The number of hydrogen-bond acceptors (Lipinski definition) is 4. The number of aliphatic hydroxyl groups excluding tert-OH is 1. The van der Waals surface area contributed by atoms with E-state index in [4.69, 9.17) is 9.84 Å². The topological polar surface area (TPSA) is 55.8 Å². The lowest BCUT2D eigenvalue weighted by Crippen LogP contribution is -2.12. The molecular formula is C12H16O4. The number of benzene rings is 1. The molecule has 0 bridgehead atoms. The van der Waals surface area contributed by atoms with Gasteiger partial charge in [0.25, 0.3) is 0 Å². The normalized spacial score (nSPS) is 12.1. The van der Waals surface area contributed by atoms with Gasteiger partial charge in [0, 0.05) is 0 Å². The number of aryl methyl sites for hydroxylation is 2. The molecule has 0 radical (unpaired) electrons. The van der Waals surface area contributed by atoms with Crippen LogP contribution in [-0.4, -0.2) is 24.5 Å². The van der Waals surface area contributed by atoms with Crippen molar-refractivity contribution < 1.29 is 19.4 Å². The Labute approximate surface area is 94.8 Å². The molecule has 1 unspecified atom stereocenters. The van der Waals surface area contributed by atoms with Gasteiger partial charge < -0.3 is 14.6 Å². The predicted octanol–water partition coefficient (Wildman–Crippen LogP) is 1.81. The Balaban J connectivity index is 3.12. The van der Waals surface area contributed by atoms with Crippen molar-refractivity contribution in [2.24, 2.45) is 0 Å².